The van der Waals surface area contributed by atoms with Gasteiger partial charge in [0.05, 0.1) is 6.04 Å². The minimum atomic E-state index is -0.0114. The molecule has 0 bridgehead atoms. The molecule has 114 valence electrons. The van der Waals surface area contributed by atoms with Crippen molar-refractivity contribution in [2.75, 3.05) is 11.6 Å². The molecule has 0 saturated heterocycles. The Morgan fingerprint density at radius 3 is 2.82 bits per heavy atom. The van der Waals surface area contributed by atoms with Crippen LogP contribution in [0.2, 0.25) is 10.0 Å². The van der Waals surface area contributed by atoms with E-state index in [2.05, 4.69) is 20.3 Å². The van der Waals surface area contributed by atoms with E-state index in [0.717, 1.165) is 20.4 Å². The first-order valence-electron chi connectivity index (χ1n) is 6.45. The van der Waals surface area contributed by atoms with Crippen LogP contribution in [0.5, 0.6) is 0 Å². The molecule has 8 heteroatoms. The molecule has 3 rings (SSSR count). The molecule has 2 heterocycles. The predicted octanol–water partition coefficient (Wildman–Crippen LogP) is 5.29. The maximum Gasteiger partial charge on any atom is 0.176 e. The average molecular weight is 371 g/mol. The van der Waals surface area contributed by atoms with E-state index in [1.807, 2.05) is 25.3 Å². The van der Waals surface area contributed by atoms with Gasteiger partial charge in [-0.3, -0.25) is 0 Å². The molecule has 1 aromatic carbocycles. The number of hydrogen-bond acceptors (Lipinski definition) is 6. The molecule has 0 saturated carbocycles. The number of nitrogens with zero attached hydrogens (tertiary/aromatic N) is 3. The summed E-state index contributed by atoms with van der Waals surface area (Å²) in [5, 5.41) is 4.64. The molecule has 2 aromatic heterocycles. The highest BCUT2D eigenvalue weighted by Gasteiger charge is 2.15. The standard InChI is InChI=1S/C14H12Cl2N4S2/c1-7(9-4-3-8(15)5-10(9)16)19-12-11-13(18-6-17-12)20-14(21-2)22-11/h3-7H,1-2H3,(H,17,18,19)/t7-/m1/s1. The van der Waals surface area contributed by atoms with Crippen molar-refractivity contribution in [1.82, 2.24) is 15.0 Å². The molecule has 0 radical (unpaired) electrons. The van der Waals surface area contributed by atoms with Gasteiger partial charge in [-0.1, -0.05) is 41.0 Å². The summed E-state index contributed by atoms with van der Waals surface area (Å²) in [6, 6.07) is 5.48. The van der Waals surface area contributed by atoms with Crippen molar-refractivity contribution in [2.45, 2.75) is 17.3 Å². The maximum absolute atomic E-state index is 6.27. The van der Waals surface area contributed by atoms with Crippen LogP contribution in [-0.4, -0.2) is 21.2 Å². The number of halogens is 2. The number of rotatable bonds is 4. The van der Waals surface area contributed by atoms with Gasteiger partial charge in [-0.25, -0.2) is 15.0 Å². The number of benzene rings is 1. The Hall–Kier alpha value is -1.08. The monoisotopic (exact) mass is 370 g/mol. The molecule has 4 nitrogen and oxygen atoms in total. The van der Waals surface area contributed by atoms with E-state index in [9.17, 15) is 0 Å². The Morgan fingerprint density at radius 2 is 2.09 bits per heavy atom. The van der Waals surface area contributed by atoms with Gasteiger partial charge >= 0.3 is 0 Å². The summed E-state index contributed by atoms with van der Waals surface area (Å²) in [7, 11) is 0. The van der Waals surface area contributed by atoms with E-state index in [0.29, 0.717) is 15.7 Å². The molecular weight excluding hydrogens is 359 g/mol. The van der Waals surface area contributed by atoms with E-state index >= 15 is 0 Å². The van der Waals surface area contributed by atoms with Gasteiger partial charge in [0, 0.05) is 10.0 Å². The number of fused-ring (bicyclic) bond motifs is 1. The van der Waals surface area contributed by atoms with E-state index in [1.54, 1.807) is 29.2 Å². The fourth-order valence-electron chi connectivity index (χ4n) is 2.06. The summed E-state index contributed by atoms with van der Waals surface area (Å²) in [5.74, 6) is 0.765. The van der Waals surface area contributed by atoms with Crippen molar-refractivity contribution in [2.24, 2.45) is 0 Å². The minimum absolute atomic E-state index is 0.0114. The first-order chi connectivity index (χ1) is 10.6. The van der Waals surface area contributed by atoms with Gasteiger partial charge in [-0.05, 0) is 30.9 Å². The molecule has 0 aliphatic carbocycles. The molecule has 0 spiro atoms. The second-order valence-corrected chi connectivity index (χ2v) is 7.49. The van der Waals surface area contributed by atoms with Crippen LogP contribution >= 0.6 is 46.3 Å². The molecule has 3 aromatic rings. The van der Waals surface area contributed by atoms with Gasteiger partial charge in [-0.2, -0.15) is 0 Å². The lowest BCUT2D eigenvalue weighted by atomic mass is 10.1. The summed E-state index contributed by atoms with van der Waals surface area (Å²) < 4.78 is 1.92. The first-order valence-corrected chi connectivity index (χ1v) is 9.25. The molecular formula is C14H12Cl2N4S2. The number of anilines is 1. The van der Waals surface area contributed by atoms with Crippen molar-refractivity contribution in [3.8, 4) is 0 Å². The Kier molecular flexibility index (Phi) is 4.73. The van der Waals surface area contributed by atoms with Crippen molar-refractivity contribution in [3.05, 3.63) is 40.1 Å². The zero-order chi connectivity index (χ0) is 15.7. The average Bonchev–Trinajstić information content (AvgIpc) is 2.91. The van der Waals surface area contributed by atoms with Crippen LogP contribution in [0.25, 0.3) is 10.3 Å². The summed E-state index contributed by atoms with van der Waals surface area (Å²) in [5.41, 5.74) is 1.67. The fourth-order valence-corrected chi connectivity index (χ4v) is 4.10. The highest BCUT2D eigenvalue weighted by atomic mass is 35.5. The molecule has 0 unspecified atom stereocenters. The Balaban J connectivity index is 1.93. The lowest BCUT2D eigenvalue weighted by Crippen LogP contribution is -2.08. The Morgan fingerprint density at radius 1 is 1.27 bits per heavy atom. The highest BCUT2D eigenvalue weighted by Crippen LogP contribution is 2.34. The summed E-state index contributed by atoms with van der Waals surface area (Å²) in [6.07, 6.45) is 3.51. The van der Waals surface area contributed by atoms with Gasteiger partial charge in [0.25, 0.3) is 0 Å². The summed E-state index contributed by atoms with van der Waals surface area (Å²) >= 11 is 15.4. The topological polar surface area (TPSA) is 50.7 Å². The second-order valence-electron chi connectivity index (χ2n) is 4.59. The fraction of sp³-hybridized carbons (Fsp3) is 0.214. The molecule has 0 aliphatic rings. The maximum atomic E-state index is 6.27. The van der Waals surface area contributed by atoms with Crippen LogP contribution < -0.4 is 5.32 Å². The van der Waals surface area contributed by atoms with E-state index in [-0.39, 0.29) is 6.04 Å². The van der Waals surface area contributed by atoms with Crippen LogP contribution in [0, 0.1) is 0 Å². The number of hydrogen-bond donors (Lipinski definition) is 1. The largest absolute Gasteiger partial charge is 0.362 e. The van der Waals surface area contributed by atoms with Gasteiger partial charge in [-0.15, -0.1) is 11.3 Å². The number of thioether (sulfide) groups is 1. The quantitative estimate of drug-likeness (QED) is 0.632. The van der Waals surface area contributed by atoms with Crippen molar-refractivity contribution < 1.29 is 0 Å². The van der Waals surface area contributed by atoms with Gasteiger partial charge in [0.2, 0.25) is 0 Å². The van der Waals surface area contributed by atoms with Crippen LogP contribution in [0.1, 0.15) is 18.5 Å². The smallest absolute Gasteiger partial charge is 0.176 e. The first kappa shape index (κ1) is 15.8. The zero-order valence-corrected chi connectivity index (χ0v) is 14.9. The third-order valence-electron chi connectivity index (χ3n) is 3.13. The van der Waals surface area contributed by atoms with Crippen LogP contribution in [0.3, 0.4) is 0 Å². The number of aromatic nitrogens is 3. The Labute approximate surface area is 146 Å². The molecule has 0 fully saturated rings. The van der Waals surface area contributed by atoms with Gasteiger partial charge in [0.1, 0.15) is 16.8 Å². The predicted molar refractivity (Wildman–Crippen MR) is 95.5 cm³/mol. The summed E-state index contributed by atoms with van der Waals surface area (Å²) in [6.45, 7) is 2.03. The van der Waals surface area contributed by atoms with Gasteiger partial charge in [0.15, 0.2) is 9.99 Å². The third-order valence-corrected chi connectivity index (χ3v) is 5.73. The van der Waals surface area contributed by atoms with E-state index in [4.69, 9.17) is 23.2 Å². The van der Waals surface area contributed by atoms with Crippen LogP contribution in [0.4, 0.5) is 5.82 Å². The van der Waals surface area contributed by atoms with Crippen molar-refractivity contribution in [3.63, 3.8) is 0 Å². The summed E-state index contributed by atoms with van der Waals surface area (Å²) in [4.78, 5) is 13.0. The minimum Gasteiger partial charge on any atom is -0.362 e. The Bertz CT molecular complexity index is 822. The van der Waals surface area contributed by atoms with Crippen LogP contribution in [0.15, 0.2) is 28.9 Å². The third kappa shape index (κ3) is 3.15. The van der Waals surface area contributed by atoms with E-state index < -0.39 is 0 Å². The molecule has 0 aliphatic heterocycles. The van der Waals surface area contributed by atoms with E-state index in [1.165, 1.54) is 6.33 Å². The second kappa shape index (κ2) is 6.58. The van der Waals surface area contributed by atoms with Gasteiger partial charge < -0.3 is 5.32 Å². The van der Waals surface area contributed by atoms with Crippen molar-refractivity contribution >= 4 is 62.5 Å². The number of thiazole rings is 1. The molecule has 0 amide bonds. The molecule has 22 heavy (non-hydrogen) atoms. The van der Waals surface area contributed by atoms with Crippen molar-refractivity contribution in [1.29, 1.82) is 0 Å². The molecule has 1 atom stereocenters. The zero-order valence-electron chi connectivity index (χ0n) is 11.8. The molecule has 1 N–H and O–H groups in total. The highest BCUT2D eigenvalue weighted by molar-refractivity contribution is 8.00. The number of nitrogens with one attached hydrogen (secondary N) is 1. The lowest BCUT2D eigenvalue weighted by Gasteiger charge is -2.16. The lowest BCUT2D eigenvalue weighted by molar-refractivity contribution is 0.876. The SMILES string of the molecule is CSc1nc2ncnc(N[C@H](C)c3ccc(Cl)cc3Cl)c2s1. The normalized spacial score (nSPS) is 12.5. The van der Waals surface area contributed by atoms with Crippen LogP contribution in [-0.2, 0) is 0 Å².